The molecule has 3 rings (SSSR count). The second kappa shape index (κ2) is 4.77. The molecule has 1 saturated carbocycles. The van der Waals surface area contributed by atoms with Crippen molar-refractivity contribution in [1.82, 2.24) is 4.98 Å². The summed E-state index contributed by atoms with van der Waals surface area (Å²) in [5, 5.41) is 14.1. The van der Waals surface area contributed by atoms with E-state index in [9.17, 15) is 10.1 Å². The monoisotopic (exact) mass is 275 g/mol. The number of oxazole rings is 1. The van der Waals surface area contributed by atoms with Gasteiger partial charge in [-0.15, -0.1) is 0 Å². The lowest BCUT2D eigenvalue weighted by molar-refractivity contribution is -0.384. The van der Waals surface area contributed by atoms with Crippen LogP contribution in [-0.4, -0.2) is 15.9 Å². The Morgan fingerprint density at radius 2 is 2.20 bits per heavy atom. The van der Waals surface area contributed by atoms with E-state index in [0.29, 0.717) is 35.0 Å². The zero-order valence-corrected chi connectivity index (χ0v) is 11.5. The Kier molecular flexibility index (Phi) is 3.08. The van der Waals surface area contributed by atoms with Gasteiger partial charge >= 0.3 is 0 Å². The summed E-state index contributed by atoms with van der Waals surface area (Å²) in [6.07, 6.45) is 2.30. The van der Waals surface area contributed by atoms with Gasteiger partial charge in [-0.2, -0.15) is 4.98 Å². The van der Waals surface area contributed by atoms with Gasteiger partial charge in [0.15, 0.2) is 5.58 Å². The van der Waals surface area contributed by atoms with Crippen molar-refractivity contribution in [3.63, 3.8) is 0 Å². The van der Waals surface area contributed by atoms with E-state index >= 15 is 0 Å². The molecule has 20 heavy (non-hydrogen) atoms. The van der Waals surface area contributed by atoms with Crippen molar-refractivity contribution < 1.29 is 9.34 Å². The normalized spacial score (nSPS) is 26.0. The Morgan fingerprint density at radius 1 is 1.40 bits per heavy atom. The van der Waals surface area contributed by atoms with Gasteiger partial charge < -0.3 is 9.73 Å². The Labute approximate surface area is 116 Å². The summed E-state index contributed by atoms with van der Waals surface area (Å²) in [6.45, 7) is 4.48. The molecule has 6 heteroatoms. The number of nitrogens with one attached hydrogen (secondary N) is 1. The van der Waals surface area contributed by atoms with E-state index in [4.69, 9.17) is 4.42 Å². The van der Waals surface area contributed by atoms with Crippen LogP contribution < -0.4 is 5.32 Å². The van der Waals surface area contributed by atoms with Crippen LogP contribution in [0.3, 0.4) is 0 Å². The average molecular weight is 275 g/mol. The number of benzene rings is 1. The second-order valence-corrected chi connectivity index (χ2v) is 5.59. The number of anilines is 1. The summed E-state index contributed by atoms with van der Waals surface area (Å²) in [5.41, 5.74) is 1.11. The third-order valence-electron chi connectivity index (χ3n) is 4.36. The second-order valence-electron chi connectivity index (χ2n) is 5.59. The minimum absolute atomic E-state index is 0.0280. The van der Waals surface area contributed by atoms with Gasteiger partial charge in [0, 0.05) is 18.2 Å². The quantitative estimate of drug-likeness (QED) is 0.684. The number of aromatic nitrogens is 1. The van der Waals surface area contributed by atoms with Crippen molar-refractivity contribution in [2.24, 2.45) is 11.8 Å². The zero-order valence-electron chi connectivity index (χ0n) is 11.5. The topological polar surface area (TPSA) is 81.2 Å². The molecule has 1 aliphatic rings. The van der Waals surface area contributed by atoms with Gasteiger partial charge in [-0.25, -0.2) is 0 Å². The Hall–Kier alpha value is -2.11. The molecule has 1 aromatic heterocycles. The fraction of sp³-hybridized carbons (Fsp3) is 0.500. The molecule has 3 unspecified atom stereocenters. The lowest BCUT2D eigenvalue weighted by Crippen LogP contribution is -2.24. The number of fused-ring (bicyclic) bond motifs is 1. The smallest absolute Gasteiger partial charge is 0.295 e. The average Bonchev–Trinajstić information content (AvgIpc) is 2.95. The van der Waals surface area contributed by atoms with E-state index in [1.807, 2.05) is 0 Å². The van der Waals surface area contributed by atoms with Gasteiger partial charge in [-0.05, 0) is 30.7 Å². The summed E-state index contributed by atoms with van der Waals surface area (Å²) in [5.74, 6) is 1.26. The van der Waals surface area contributed by atoms with Crippen molar-refractivity contribution in [2.75, 3.05) is 5.32 Å². The van der Waals surface area contributed by atoms with Crippen LogP contribution in [0, 0.1) is 22.0 Å². The number of hydrogen-bond donors (Lipinski definition) is 1. The van der Waals surface area contributed by atoms with Crippen LogP contribution in [0.15, 0.2) is 22.6 Å². The molecule has 1 aromatic carbocycles. The first-order valence-corrected chi connectivity index (χ1v) is 6.86. The maximum absolute atomic E-state index is 10.7. The van der Waals surface area contributed by atoms with Gasteiger partial charge in [0.25, 0.3) is 11.7 Å². The number of non-ortho nitro benzene ring substituents is 1. The van der Waals surface area contributed by atoms with Crippen molar-refractivity contribution in [3.8, 4) is 0 Å². The van der Waals surface area contributed by atoms with Crippen LogP contribution in [0.2, 0.25) is 0 Å². The summed E-state index contributed by atoms with van der Waals surface area (Å²) in [4.78, 5) is 14.6. The van der Waals surface area contributed by atoms with Gasteiger partial charge in [0.05, 0.1) is 4.92 Å². The number of hydrogen-bond acceptors (Lipinski definition) is 5. The highest BCUT2D eigenvalue weighted by Crippen LogP contribution is 2.33. The summed E-state index contributed by atoms with van der Waals surface area (Å²) in [6, 6.07) is 5.26. The number of nitro benzene ring substituents is 1. The standard InChI is InChI=1S/C14H17N3O3/c1-8-3-5-11(9(8)2)15-14-16-12-7-10(17(18)19)4-6-13(12)20-14/h4,6-9,11H,3,5H2,1-2H3,(H,15,16). The molecule has 0 saturated heterocycles. The molecular weight excluding hydrogens is 258 g/mol. The molecule has 1 fully saturated rings. The molecule has 3 atom stereocenters. The molecule has 0 spiro atoms. The molecule has 0 bridgehead atoms. The van der Waals surface area contributed by atoms with Gasteiger partial charge in [-0.3, -0.25) is 10.1 Å². The first kappa shape index (κ1) is 12.9. The first-order valence-electron chi connectivity index (χ1n) is 6.86. The Balaban J connectivity index is 1.84. The van der Waals surface area contributed by atoms with Crippen LogP contribution in [0.1, 0.15) is 26.7 Å². The third-order valence-corrected chi connectivity index (χ3v) is 4.36. The van der Waals surface area contributed by atoms with Crippen LogP contribution >= 0.6 is 0 Å². The predicted molar refractivity (Wildman–Crippen MR) is 75.6 cm³/mol. The molecule has 6 nitrogen and oxygen atoms in total. The summed E-state index contributed by atoms with van der Waals surface area (Å²) in [7, 11) is 0. The summed E-state index contributed by atoms with van der Waals surface area (Å²) >= 11 is 0. The fourth-order valence-corrected chi connectivity index (χ4v) is 2.82. The molecule has 0 radical (unpaired) electrons. The predicted octanol–water partition coefficient (Wildman–Crippen LogP) is 3.58. The van der Waals surface area contributed by atoms with E-state index < -0.39 is 4.92 Å². The van der Waals surface area contributed by atoms with E-state index in [1.54, 1.807) is 6.07 Å². The fourth-order valence-electron chi connectivity index (χ4n) is 2.82. The zero-order chi connectivity index (χ0) is 14.3. The lowest BCUT2D eigenvalue weighted by Gasteiger charge is -2.18. The van der Waals surface area contributed by atoms with Gasteiger partial charge in [0.2, 0.25) is 0 Å². The lowest BCUT2D eigenvalue weighted by atomic mass is 9.98. The number of rotatable bonds is 3. The van der Waals surface area contributed by atoms with E-state index in [1.165, 1.54) is 18.6 Å². The molecule has 1 aliphatic carbocycles. The minimum Gasteiger partial charge on any atom is -0.424 e. The number of nitro groups is 1. The van der Waals surface area contributed by atoms with Crippen LogP contribution in [-0.2, 0) is 0 Å². The van der Waals surface area contributed by atoms with Crippen LogP contribution in [0.25, 0.3) is 11.1 Å². The van der Waals surface area contributed by atoms with Crippen molar-refractivity contribution in [3.05, 3.63) is 28.3 Å². The van der Waals surface area contributed by atoms with E-state index in [2.05, 4.69) is 24.1 Å². The van der Waals surface area contributed by atoms with Crippen LogP contribution in [0.4, 0.5) is 11.7 Å². The molecule has 106 valence electrons. The molecular formula is C14H17N3O3. The maximum atomic E-state index is 10.7. The maximum Gasteiger partial charge on any atom is 0.295 e. The first-order chi connectivity index (χ1) is 9.54. The molecule has 0 aliphatic heterocycles. The van der Waals surface area contributed by atoms with E-state index in [0.717, 1.165) is 6.42 Å². The van der Waals surface area contributed by atoms with Gasteiger partial charge in [-0.1, -0.05) is 13.8 Å². The largest absolute Gasteiger partial charge is 0.424 e. The summed E-state index contributed by atoms with van der Waals surface area (Å²) < 4.78 is 5.60. The number of nitrogens with zero attached hydrogens (tertiary/aromatic N) is 2. The Morgan fingerprint density at radius 3 is 2.85 bits per heavy atom. The minimum atomic E-state index is -0.429. The molecule has 0 amide bonds. The molecule has 1 N–H and O–H groups in total. The highest BCUT2D eigenvalue weighted by atomic mass is 16.6. The van der Waals surface area contributed by atoms with Gasteiger partial charge in [0.1, 0.15) is 5.52 Å². The highest BCUT2D eigenvalue weighted by Gasteiger charge is 2.30. The molecule has 1 heterocycles. The van der Waals surface area contributed by atoms with Crippen molar-refractivity contribution in [2.45, 2.75) is 32.7 Å². The SMILES string of the molecule is CC1CCC(Nc2nc3cc([N+](=O)[O-])ccc3o2)C1C. The van der Waals surface area contributed by atoms with Crippen molar-refractivity contribution in [1.29, 1.82) is 0 Å². The highest BCUT2D eigenvalue weighted by molar-refractivity contribution is 5.77. The van der Waals surface area contributed by atoms with Crippen LogP contribution in [0.5, 0.6) is 0 Å². The Bertz CT molecular complexity index is 652. The third kappa shape index (κ3) is 2.21. The molecule has 2 aromatic rings. The van der Waals surface area contributed by atoms with Crippen molar-refractivity contribution >= 4 is 22.8 Å². The van der Waals surface area contributed by atoms with E-state index in [-0.39, 0.29) is 5.69 Å².